The summed E-state index contributed by atoms with van der Waals surface area (Å²) >= 11 is 0. The SMILES string of the molecule is Cc1nc(N)cc(-c2nc(CC#N)c3c(C4C5CN(C(=O)OC(C)(C)C)CC54)nn(C4CC4)c3c2F)c1C(F)(F)F. The predicted octanol–water partition coefficient (Wildman–Crippen LogP) is 5.52. The number of likely N-dealkylation sites (tertiary alicyclic amines) is 1. The zero-order valence-corrected chi connectivity index (χ0v) is 23.0. The Morgan fingerprint density at radius 1 is 1.20 bits per heavy atom. The molecule has 2 atom stereocenters. The third-order valence-corrected chi connectivity index (χ3v) is 7.95. The number of nitrogens with two attached hydrogens (primary N) is 1. The van der Waals surface area contributed by atoms with E-state index in [1.165, 1.54) is 0 Å². The van der Waals surface area contributed by atoms with Gasteiger partial charge in [0.15, 0.2) is 5.82 Å². The number of piperidine rings is 1. The summed E-state index contributed by atoms with van der Waals surface area (Å²) < 4.78 is 65.9. The standard InChI is InChI=1S/C28H29F4N7O2/c1-12-21(28(30,31)32)14(9-18(34)35-12)23-22(29)25-20(17(36-23)7-8-33)24(37-39(25)13-5-6-13)19-15-10-38(11-16(15)19)26(40)41-27(2,3)4/h9,13,15-16,19H,5-7,10-11H2,1-4H3,(H2,34,35). The number of fused-ring (bicyclic) bond motifs is 2. The van der Waals surface area contributed by atoms with E-state index in [0.29, 0.717) is 24.2 Å². The van der Waals surface area contributed by atoms with Crippen LogP contribution in [0.1, 0.15) is 68.2 Å². The lowest BCUT2D eigenvalue weighted by Crippen LogP contribution is -2.36. The van der Waals surface area contributed by atoms with E-state index >= 15 is 4.39 Å². The largest absolute Gasteiger partial charge is 0.444 e. The molecule has 1 amide bonds. The molecule has 2 aliphatic carbocycles. The number of ether oxygens (including phenoxy) is 1. The molecule has 0 radical (unpaired) electrons. The molecule has 3 fully saturated rings. The molecule has 1 aliphatic heterocycles. The van der Waals surface area contributed by atoms with Gasteiger partial charge in [0.2, 0.25) is 0 Å². The molecule has 3 aromatic rings. The number of aryl methyl sites for hydroxylation is 1. The average molecular weight is 572 g/mol. The highest BCUT2D eigenvalue weighted by Gasteiger charge is 2.59. The number of nitriles is 1. The number of amides is 1. The lowest BCUT2D eigenvalue weighted by atomic mass is 9.99. The van der Waals surface area contributed by atoms with Gasteiger partial charge in [-0.25, -0.2) is 19.2 Å². The van der Waals surface area contributed by atoms with Crippen molar-refractivity contribution in [3.8, 4) is 17.3 Å². The Balaban J connectivity index is 1.47. The van der Waals surface area contributed by atoms with Crippen LogP contribution in [0.3, 0.4) is 0 Å². The van der Waals surface area contributed by atoms with Gasteiger partial charge in [-0.2, -0.15) is 23.5 Å². The molecule has 2 N–H and O–H groups in total. The van der Waals surface area contributed by atoms with Crippen LogP contribution in [0, 0.1) is 35.9 Å². The molecular formula is C28H29F4N7O2. The van der Waals surface area contributed by atoms with Gasteiger partial charge in [-0.15, -0.1) is 0 Å². The van der Waals surface area contributed by atoms with Crippen LogP contribution < -0.4 is 5.73 Å². The molecule has 0 spiro atoms. The highest BCUT2D eigenvalue weighted by Crippen LogP contribution is 2.60. The number of carbonyl (C=O) groups excluding carboxylic acids is 1. The summed E-state index contributed by atoms with van der Waals surface area (Å²) in [4.78, 5) is 22.3. The molecule has 0 aromatic carbocycles. The van der Waals surface area contributed by atoms with Gasteiger partial charge in [0.1, 0.15) is 22.6 Å². The first-order valence-corrected chi connectivity index (χ1v) is 13.5. The molecule has 41 heavy (non-hydrogen) atoms. The maximum absolute atomic E-state index is 16.5. The van der Waals surface area contributed by atoms with Crippen molar-refractivity contribution in [2.45, 2.75) is 70.7 Å². The Morgan fingerprint density at radius 3 is 2.41 bits per heavy atom. The fraction of sp³-hybridized carbons (Fsp3) is 0.536. The second-order valence-electron chi connectivity index (χ2n) is 12.1. The Hall–Kier alpha value is -3.95. The zero-order chi connectivity index (χ0) is 29.6. The van der Waals surface area contributed by atoms with Crippen molar-refractivity contribution < 1.29 is 27.1 Å². The van der Waals surface area contributed by atoms with Crippen molar-refractivity contribution in [1.29, 1.82) is 5.26 Å². The number of hydrogen-bond acceptors (Lipinski definition) is 7. The number of pyridine rings is 2. The Labute approximate surface area is 233 Å². The van der Waals surface area contributed by atoms with Crippen LogP contribution in [-0.2, 0) is 17.3 Å². The van der Waals surface area contributed by atoms with E-state index in [-0.39, 0.29) is 47.2 Å². The summed E-state index contributed by atoms with van der Waals surface area (Å²) in [5, 5.41) is 14.8. The van der Waals surface area contributed by atoms with Gasteiger partial charge in [-0.3, -0.25) is 4.68 Å². The van der Waals surface area contributed by atoms with Gasteiger partial charge < -0.3 is 15.4 Å². The van der Waals surface area contributed by atoms with Crippen LogP contribution in [0.25, 0.3) is 22.2 Å². The first kappa shape index (κ1) is 27.2. The first-order valence-electron chi connectivity index (χ1n) is 13.5. The average Bonchev–Trinajstić information content (AvgIpc) is 3.72. The minimum absolute atomic E-state index is 0.0490. The Kier molecular flexibility index (Phi) is 5.99. The molecule has 3 aliphatic rings. The monoisotopic (exact) mass is 571 g/mol. The van der Waals surface area contributed by atoms with Crippen LogP contribution in [0.2, 0.25) is 0 Å². The second kappa shape index (κ2) is 9.03. The minimum Gasteiger partial charge on any atom is -0.444 e. The third kappa shape index (κ3) is 4.63. The lowest BCUT2D eigenvalue weighted by Gasteiger charge is -2.25. The molecular weight excluding hydrogens is 542 g/mol. The van der Waals surface area contributed by atoms with Crippen LogP contribution in [0.4, 0.5) is 28.2 Å². The summed E-state index contributed by atoms with van der Waals surface area (Å²) in [5.41, 5.74) is 3.37. The number of nitrogens with zero attached hydrogens (tertiary/aromatic N) is 6. The number of aromatic nitrogens is 4. The molecule has 0 bridgehead atoms. The summed E-state index contributed by atoms with van der Waals surface area (Å²) in [5.74, 6) is -1.09. The molecule has 2 saturated carbocycles. The number of hydrogen-bond donors (Lipinski definition) is 1. The van der Waals surface area contributed by atoms with Crippen molar-refractivity contribution in [1.82, 2.24) is 24.6 Å². The minimum atomic E-state index is -4.84. The topological polar surface area (TPSA) is 123 Å². The van der Waals surface area contributed by atoms with E-state index in [0.717, 1.165) is 25.8 Å². The predicted molar refractivity (Wildman–Crippen MR) is 140 cm³/mol. The van der Waals surface area contributed by atoms with Crippen molar-refractivity contribution in [2.75, 3.05) is 18.8 Å². The molecule has 3 aromatic heterocycles. The molecule has 6 rings (SSSR count). The molecule has 13 heteroatoms. The van der Waals surface area contributed by atoms with Gasteiger partial charge >= 0.3 is 12.3 Å². The van der Waals surface area contributed by atoms with Gasteiger partial charge in [0.25, 0.3) is 0 Å². The number of nitrogen functional groups attached to an aromatic ring is 1. The fourth-order valence-corrected chi connectivity index (χ4v) is 6.15. The van der Waals surface area contributed by atoms with Gasteiger partial charge in [0, 0.05) is 30.0 Å². The number of carbonyl (C=O) groups is 1. The van der Waals surface area contributed by atoms with Gasteiger partial charge in [0.05, 0.1) is 41.2 Å². The first-order chi connectivity index (χ1) is 19.2. The fourth-order valence-electron chi connectivity index (χ4n) is 6.15. The number of alkyl halides is 3. The summed E-state index contributed by atoms with van der Waals surface area (Å²) in [6.07, 6.45) is -3.99. The van der Waals surface area contributed by atoms with Crippen LogP contribution in [0.15, 0.2) is 6.07 Å². The number of halogens is 4. The molecule has 1 saturated heterocycles. The van der Waals surface area contributed by atoms with Gasteiger partial charge in [-0.1, -0.05) is 0 Å². The molecule has 216 valence electrons. The van der Waals surface area contributed by atoms with Crippen molar-refractivity contribution in [2.24, 2.45) is 11.8 Å². The van der Waals surface area contributed by atoms with E-state index < -0.39 is 46.2 Å². The summed E-state index contributed by atoms with van der Waals surface area (Å²) in [6, 6.07) is 2.89. The smallest absolute Gasteiger partial charge is 0.418 e. The number of anilines is 1. The summed E-state index contributed by atoms with van der Waals surface area (Å²) in [6.45, 7) is 7.46. The van der Waals surface area contributed by atoms with Crippen molar-refractivity contribution >= 4 is 22.8 Å². The number of rotatable bonds is 4. The third-order valence-electron chi connectivity index (χ3n) is 7.95. The quantitative estimate of drug-likeness (QED) is 0.409. The normalized spacial score (nSPS) is 22.1. The Morgan fingerprint density at radius 2 is 1.85 bits per heavy atom. The van der Waals surface area contributed by atoms with Crippen LogP contribution in [0.5, 0.6) is 0 Å². The maximum atomic E-state index is 16.5. The van der Waals surface area contributed by atoms with E-state index in [1.54, 1.807) is 30.4 Å². The Bertz CT molecular complexity index is 1620. The van der Waals surface area contributed by atoms with E-state index in [2.05, 4.69) is 9.97 Å². The second-order valence-corrected chi connectivity index (χ2v) is 12.1. The van der Waals surface area contributed by atoms with Crippen molar-refractivity contribution in [3.05, 3.63) is 34.5 Å². The highest BCUT2D eigenvalue weighted by molar-refractivity contribution is 5.90. The van der Waals surface area contributed by atoms with Gasteiger partial charge in [-0.05, 0) is 58.4 Å². The maximum Gasteiger partial charge on any atom is 0.418 e. The molecule has 4 heterocycles. The van der Waals surface area contributed by atoms with Crippen molar-refractivity contribution in [3.63, 3.8) is 0 Å². The summed E-state index contributed by atoms with van der Waals surface area (Å²) in [7, 11) is 0. The lowest BCUT2D eigenvalue weighted by molar-refractivity contribution is -0.137. The van der Waals surface area contributed by atoms with E-state index in [4.69, 9.17) is 15.6 Å². The molecule has 2 unspecified atom stereocenters. The van der Waals surface area contributed by atoms with E-state index in [1.807, 2.05) is 6.07 Å². The zero-order valence-electron chi connectivity index (χ0n) is 23.0. The van der Waals surface area contributed by atoms with E-state index in [9.17, 15) is 23.2 Å². The van der Waals surface area contributed by atoms with Crippen LogP contribution >= 0.6 is 0 Å². The van der Waals surface area contributed by atoms with Crippen LogP contribution in [-0.4, -0.2) is 49.4 Å². The highest BCUT2D eigenvalue weighted by atomic mass is 19.4. The molecule has 9 nitrogen and oxygen atoms in total.